The zero-order chi connectivity index (χ0) is 18.3. The molecule has 8 nitrogen and oxygen atoms in total. The van der Waals surface area contributed by atoms with E-state index in [9.17, 15) is 9.59 Å². The number of carbonyl (C=O) groups excluding carboxylic acids is 2. The Balaban J connectivity index is 2.62. The molecular weight excluding hydrogens is 315 g/mol. The molecule has 2 heterocycles. The molecule has 1 aliphatic heterocycles. The lowest BCUT2D eigenvalue weighted by Crippen LogP contribution is -2.42. The van der Waals surface area contributed by atoms with Gasteiger partial charge in [0.05, 0.1) is 25.4 Å². The molecule has 0 amide bonds. The fourth-order valence-corrected chi connectivity index (χ4v) is 2.32. The summed E-state index contributed by atoms with van der Waals surface area (Å²) in [6.45, 7) is 9.17. The number of hydrogen-bond donors (Lipinski definition) is 0. The number of methoxy groups -OCH3 is 2. The monoisotopic (exact) mass is 336 g/mol. The fourth-order valence-electron chi connectivity index (χ4n) is 2.32. The molecule has 1 aliphatic rings. The third kappa shape index (κ3) is 2.89. The second kappa shape index (κ2) is 6.14. The lowest BCUT2D eigenvalue weighted by Gasteiger charge is -2.32. The first kappa shape index (κ1) is 18.3. The Bertz CT molecular complexity index is 673. The first-order valence-electron chi connectivity index (χ1n) is 7.45. The third-order valence-corrected chi connectivity index (χ3v) is 4.51. The van der Waals surface area contributed by atoms with Gasteiger partial charge in [-0.3, -0.25) is 0 Å². The summed E-state index contributed by atoms with van der Waals surface area (Å²) < 4.78 is 21.4. The predicted molar refractivity (Wildman–Crippen MR) is 85.2 cm³/mol. The minimum absolute atomic E-state index is 0.00475. The first-order chi connectivity index (χ1) is 11.1. The molecule has 0 bridgehead atoms. The molecule has 24 heavy (non-hydrogen) atoms. The molecular formula is C15H21BN2O6. The van der Waals surface area contributed by atoms with Crippen LogP contribution in [-0.4, -0.2) is 54.7 Å². The molecule has 0 aromatic carbocycles. The summed E-state index contributed by atoms with van der Waals surface area (Å²) >= 11 is 0. The number of carbonyl (C=O) groups is 2. The van der Waals surface area contributed by atoms with Crippen LogP contribution in [0.3, 0.4) is 0 Å². The Morgan fingerprint density at radius 3 is 1.79 bits per heavy atom. The molecule has 1 aromatic heterocycles. The SMILES string of the molecule is COC(=O)c1nnc(C(=O)OC)c(B2OC(C)(C)C(C)(C)O2)c1C. The average Bonchev–Trinajstić information content (AvgIpc) is 2.73. The topological polar surface area (TPSA) is 96.8 Å². The van der Waals surface area contributed by atoms with Gasteiger partial charge in [-0.05, 0) is 40.2 Å². The second-order valence-corrected chi connectivity index (χ2v) is 6.51. The molecule has 0 spiro atoms. The van der Waals surface area contributed by atoms with Gasteiger partial charge in [-0.25, -0.2) is 9.59 Å². The Labute approximate surface area is 141 Å². The van der Waals surface area contributed by atoms with E-state index >= 15 is 0 Å². The number of aromatic nitrogens is 2. The highest BCUT2D eigenvalue weighted by atomic mass is 16.7. The third-order valence-electron chi connectivity index (χ3n) is 4.51. The first-order valence-corrected chi connectivity index (χ1v) is 7.45. The fraction of sp³-hybridized carbons (Fsp3) is 0.600. The minimum atomic E-state index is -0.886. The molecule has 1 aromatic rings. The van der Waals surface area contributed by atoms with Gasteiger partial charge in [-0.1, -0.05) is 0 Å². The molecule has 9 heteroatoms. The van der Waals surface area contributed by atoms with Crippen LogP contribution in [0.1, 0.15) is 54.2 Å². The van der Waals surface area contributed by atoms with Crippen molar-refractivity contribution in [3.8, 4) is 0 Å². The van der Waals surface area contributed by atoms with Crippen LogP contribution in [-0.2, 0) is 18.8 Å². The Morgan fingerprint density at radius 1 is 0.917 bits per heavy atom. The van der Waals surface area contributed by atoms with E-state index in [1.54, 1.807) is 6.92 Å². The van der Waals surface area contributed by atoms with Gasteiger partial charge in [0.25, 0.3) is 0 Å². The van der Waals surface area contributed by atoms with Gasteiger partial charge in [0.15, 0.2) is 11.4 Å². The summed E-state index contributed by atoms with van der Waals surface area (Å²) in [7, 11) is 1.59. The number of ether oxygens (including phenoxy) is 2. The van der Waals surface area contributed by atoms with Crippen molar-refractivity contribution in [2.45, 2.75) is 45.8 Å². The summed E-state index contributed by atoms with van der Waals surface area (Å²) in [6, 6.07) is 0. The number of esters is 2. The minimum Gasteiger partial charge on any atom is -0.464 e. The van der Waals surface area contributed by atoms with Crippen LogP contribution in [0.15, 0.2) is 0 Å². The zero-order valence-electron chi connectivity index (χ0n) is 14.9. The summed E-state index contributed by atoms with van der Waals surface area (Å²) in [5.41, 5.74) is -0.582. The molecule has 2 rings (SSSR count). The molecule has 1 saturated heterocycles. The summed E-state index contributed by atoms with van der Waals surface area (Å²) in [6.07, 6.45) is 0. The van der Waals surface area contributed by atoms with Crippen molar-refractivity contribution in [1.82, 2.24) is 10.2 Å². The van der Waals surface area contributed by atoms with E-state index in [0.717, 1.165) is 0 Å². The van der Waals surface area contributed by atoms with E-state index in [2.05, 4.69) is 10.2 Å². The van der Waals surface area contributed by atoms with Crippen molar-refractivity contribution < 1.29 is 28.4 Å². The van der Waals surface area contributed by atoms with E-state index in [4.69, 9.17) is 18.8 Å². The summed E-state index contributed by atoms with van der Waals surface area (Å²) in [4.78, 5) is 23.9. The van der Waals surface area contributed by atoms with E-state index < -0.39 is 30.3 Å². The van der Waals surface area contributed by atoms with Gasteiger partial charge in [0.2, 0.25) is 0 Å². The van der Waals surface area contributed by atoms with Crippen molar-refractivity contribution in [2.24, 2.45) is 0 Å². The van der Waals surface area contributed by atoms with Crippen molar-refractivity contribution in [3.05, 3.63) is 17.0 Å². The lowest BCUT2D eigenvalue weighted by molar-refractivity contribution is 0.00578. The van der Waals surface area contributed by atoms with Crippen LogP contribution in [0, 0.1) is 6.92 Å². The molecule has 0 N–H and O–H groups in total. The van der Waals surface area contributed by atoms with Crippen molar-refractivity contribution in [3.63, 3.8) is 0 Å². The molecule has 0 saturated carbocycles. The summed E-state index contributed by atoms with van der Waals surface area (Å²) in [5, 5.41) is 7.62. The Kier molecular flexibility index (Phi) is 4.69. The van der Waals surface area contributed by atoms with E-state index in [1.807, 2.05) is 27.7 Å². The molecule has 0 unspecified atom stereocenters. The quantitative estimate of drug-likeness (QED) is 0.587. The predicted octanol–water partition coefficient (Wildman–Crippen LogP) is 0.657. The van der Waals surface area contributed by atoms with E-state index in [0.29, 0.717) is 11.0 Å². The van der Waals surface area contributed by atoms with E-state index in [1.165, 1.54) is 14.2 Å². The van der Waals surface area contributed by atoms with Gasteiger partial charge in [-0.15, -0.1) is 10.2 Å². The highest BCUT2D eigenvalue weighted by molar-refractivity contribution is 6.64. The maximum Gasteiger partial charge on any atom is 0.497 e. The molecule has 1 fully saturated rings. The number of hydrogen-bond acceptors (Lipinski definition) is 8. The van der Waals surface area contributed by atoms with Gasteiger partial charge in [0.1, 0.15) is 0 Å². The van der Waals surface area contributed by atoms with Crippen LogP contribution >= 0.6 is 0 Å². The van der Waals surface area contributed by atoms with Crippen LogP contribution < -0.4 is 5.46 Å². The number of nitrogens with zero attached hydrogens (tertiary/aromatic N) is 2. The summed E-state index contributed by atoms with van der Waals surface area (Å²) in [5.74, 6) is -1.35. The second-order valence-electron chi connectivity index (χ2n) is 6.51. The van der Waals surface area contributed by atoms with Crippen molar-refractivity contribution in [1.29, 1.82) is 0 Å². The molecule has 0 atom stereocenters. The zero-order valence-corrected chi connectivity index (χ0v) is 14.9. The Morgan fingerprint density at radius 2 is 1.33 bits per heavy atom. The van der Waals surface area contributed by atoms with Crippen LogP contribution in [0.25, 0.3) is 0 Å². The van der Waals surface area contributed by atoms with Gasteiger partial charge in [-0.2, -0.15) is 0 Å². The standard InChI is InChI=1S/C15H21BN2O6/c1-8-9(16-23-14(2,3)15(4,5)24-16)11(13(20)22-7)18-17-10(8)12(19)21-6/h1-7H3. The van der Waals surface area contributed by atoms with E-state index in [-0.39, 0.29) is 11.4 Å². The highest BCUT2D eigenvalue weighted by Crippen LogP contribution is 2.37. The van der Waals surface area contributed by atoms with Gasteiger partial charge < -0.3 is 18.8 Å². The average molecular weight is 336 g/mol. The van der Waals surface area contributed by atoms with Crippen LogP contribution in [0.2, 0.25) is 0 Å². The lowest BCUT2D eigenvalue weighted by atomic mass is 9.74. The Hall–Kier alpha value is -2.00. The maximum absolute atomic E-state index is 12.1. The van der Waals surface area contributed by atoms with Gasteiger partial charge in [0, 0.05) is 5.46 Å². The molecule has 0 radical (unpaired) electrons. The normalized spacial score (nSPS) is 18.4. The maximum atomic E-state index is 12.1. The smallest absolute Gasteiger partial charge is 0.464 e. The highest BCUT2D eigenvalue weighted by Gasteiger charge is 2.53. The molecule has 0 aliphatic carbocycles. The largest absolute Gasteiger partial charge is 0.497 e. The van der Waals surface area contributed by atoms with Crippen LogP contribution in [0.4, 0.5) is 0 Å². The van der Waals surface area contributed by atoms with Gasteiger partial charge >= 0.3 is 19.1 Å². The van der Waals surface area contributed by atoms with Crippen LogP contribution in [0.5, 0.6) is 0 Å². The van der Waals surface area contributed by atoms with Crippen molar-refractivity contribution in [2.75, 3.05) is 14.2 Å². The number of rotatable bonds is 3. The molecule has 130 valence electrons. The van der Waals surface area contributed by atoms with Crippen molar-refractivity contribution >= 4 is 24.5 Å².